The Bertz CT molecular complexity index is 420. The van der Waals surface area contributed by atoms with Gasteiger partial charge in [0.15, 0.2) is 0 Å². The molecule has 0 rings (SSSR count). The number of hydrogen-bond donors (Lipinski definition) is 2. The number of carboxylic acids is 2. The van der Waals surface area contributed by atoms with Gasteiger partial charge in [-0.15, -0.1) is 0 Å². The zero-order valence-corrected chi connectivity index (χ0v) is 33.8. The van der Waals surface area contributed by atoms with Gasteiger partial charge in [-0.05, 0) is 12.8 Å². The van der Waals surface area contributed by atoms with E-state index in [4.69, 9.17) is 10.2 Å². The topological polar surface area (TPSA) is 74.6 Å². The van der Waals surface area contributed by atoms with Crippen molar-refractivity contribution >= 4 is 51.5 Å². The molecule has 0 aliphatic heterocycles. The summed E-state index contributed by atoms with van der Waals surface area (Å²) in [6, 6.07) is 0. The molecule has 0 amide bonds. The first-order chi connectivity index (χ1) is 19.3. The van der Waals surface area contributed by atoms with Gasteiger partial charge in [-0.25, -0.2) is 0 Å². The Hall–Kier alpha value is 0.537. The summed E-state index contributed by atoms with van der Waals surface area (Å²) in [4.78, 5) is 20.3. The summed E-state index contributed by atoms with van der Waals surface area (Å²) in [5, 5.41) is 16.7. The normalized spacial score (nSPS) is 10.7. The van der Waals surface area contributed by atoms with Gasteiger partial charge in [0.1, 0.15) is 0 Å². The zero-order valence-electron chi connectivity index (χ0n) is 28.1. The molecule has 0 saturated heterocycles. The van der Waals surface area contributed by atoms with Crippen LogP contribution in [0.2, 0.25) is 26.6 Å². The molecule has 0 aliphatic carbocycles. The van der Waals surface area contributed by atoms with Crippen LogP contribution in [0.25, 0.3) is 0 Å². The standard InChI is InChI=1S/C10H18O4.6C4H9.2Sn/c11-9(12)7-5-3-1-2-4-6-8-10(13)14;6*1-3-4-2;;/h1-8H2,(H,11,12)(H,13,14);6*1,3-4H2,2H3;;. The molecule has 0 fully saturated rings. The van der Waals surface area contributed by atoms with Gasteiger partial charge in [0.05, 0.1) is 0 Å². The third kappa shape index (κ3) is 43.0. The summed E-state index contributed by atoms with van der Waals surface area (Å²) in [7, 11) is 0. The van der Waals surface area contributed by atoms with Crippen molar-refractivity contribution in [1.82, 2.24) is 0 Å². The second kappa shape index (κ2) is 39.5. The van der Waals surface area contributed by atoms with Crippen LogP contribution in [0.1, 0.15) is 170 Å². The Morgan fingerprint density at radius 2 is 0.575 bits per heavy atom. The van der Waals surface area contributed by atoms with Gasteiger partial charge in [0.25, 0.3) is 0 Å². The van der Waals surface area contributed by atoms with Crippen molar-refractivity contribution in [3.63, 3.8) is 0 Å². The molecule has 2 N–H and O–H groups in total. The third-order valence-corrected chi connectivity index (χ3v) is 25.5. The molecular formula is C34H72O4Sn2. The van der Waals surface area contributed by atoms with Crippen LogP contribution in [0, 0.1) is 0 Å². The van der Waals surface area contributed by atoms with Crippen LogP contribution in [0.4, 0.5) is 0 Å². The van der Waals surface area contributed by atoms with E-state index in [-0.39, 0.29) is 12.8 Å². The number of hydrogen-bond acceptors (Lipinski definition) is 2. The fraction of sp³-hybridized carbons (Fsp3) is 0.941. The first kappa shape index (κ1) is 45.0. The van der Waals surface area contributed by atoms with Crippen molar-refractivity contribution in [2.75, 3.05) is 0 Å². The number of rotatable bonds is 27. The van der Waals surface area contributed by atoms with E-state index in [1.165, 1.54) is 77.0 Å². The fourth-order valence-electron chi connectivity index (χ4n) is 4.57. The molecule has 40 heavy (non-hydrogen) atoms. The summed E-state index contributed by atoms with van der Waals surface area (Å²) >= 11 is -1.68. The van der Waals surface area contributed by atoms with E-state index in [1.807, 2.05) is 0 Å². The predicted octanol–water partition coefficient (Wildman–Crippen LogP) is 12.0. The molecule has 0 aromatic heterocycles. The first-order valence-electron chi connectivity index (χ1n) is 17.4. The first-order valence-corrected chi connectivity index (χ1v) is 29.5. The quantitative estimate of drug-likeness (QED) is 0.0643. The van der Waals surface area contributed by atoms with Gasteiger partial charge in [-0.2, -0.15) is 0 Å². The molecule has 0 aliphatic rings. The Balaban J connectivity index is -0.000000514. The zero-order chi connectivity index (χ0) is 30.7. The van der Waals surface area contributed by atoms with Crippen molar-refractivity contribution in [3.8, 4) is 0 Å². The van der Waals surface area contributed by atoms with Gasteiger partial charge in [-0.1, -0.05) is 25.7 Å². The molecule has 0 saturated carbocycles. The molecule has 2 radical (unpaired) electrons. The SMILES string of the molecule is CCC[CH2][Sn]([CH2]CCC)[CH2]CCC.CCC[CH2][Sn]([CH2]CCC)[CH2]CCC.O=C(O)CCCCCCCCC(=O)O. The molecule has 0 heterocycles. The molecule has 4 nitrogen and oxygen atoms in total. The van der Waals surface area contributed by atoms with Crippen molar-refractivity contribution in [2.24, 2.45) is 0 Å². The Labute approximate surface area is 266 Å². The van der Waals surface area contributed by atoms with E-state index in [0.29, 0.717) is 0 Å². The predicted molar refractivity (Wildman–Crippen MR) is 182 cm³/mol. The smallest absolute Gasteiger partial charge is 0.303 e. The Kier molecular flexibility index (Phi) is 44.5. The largest absolute Gasteiger partial charge is 0.481 e. The van der Waals surface area contributed by atoms with Gasteiger partial charge in [0, 0.05) is 12.8 Å². The van der Waals surface area contributed by atoms with E-state index in [9.17, 15) is 9.59 Å². The molecule has 6 heteroatoms. The molecule has 0 aromatic carbocycles. The number of carbonyl (C=O) groups is 2. The summed E-state index contributed by atoms with van der Waals surface area (Å²) < 4.78 is 10.1. The molecule has 0 unspecified atom stereocenters. The van der Waals surface area contributed by atoms with Crippen LogP contribution in [-0.2, 0) is 9.59 Å². The fourth-order valence-corrected chi connectivity index (χ4v) is 23.5. The molecule has 240 valence electrons. The number of aliphatic carboxylic acids is 2. The Morgan fingerprint density at radius 1 is 0.375 bits per heavy atom. The van der Waals surface area contributed by atoms with Gasteiger partial charge < -0.3 is 10.2 Å². The van der Waals surface area contributed by atoms with Crippen molar-refractivity contribution < 1.29 is 19.8 Å². The van der Waals surface area contributed by atoms with Crippen LogP contribution in [-0.4, -0.2) is 61.7 Å². The Morgan fingerprint density at radius 3 is 0.750 bits per heavy atom. The number of unbranched alkanes of at least 4 members (excludes halogenated alkanes) is 11. The van der Waals surface area contributed by atoms with E-state index in [1.54, 1.807) is 26.6 Å². The molecule has 0 bridgehead atoms. The second-order valence-electron chi connectivity index (χ2n) is 11.5. The van der Waals surface area contributed by atoms with Crippen molar-refractivity contribution in [3.05, 3.63) is 0 Å². The number of carboxylic acid groups (broad SMARTS) is 2. The van der Waals surface area contributed by atoms with E-state index in [0.717, 1.165) is 38.5 Å². The molecular weight excluding hydrogens is 710 g/mol. The van der Waals surface area contributed by atoms with E-state index < -0.39 is 51.5 Å². The summed E-state index contributed by atoms with van der Waals surface area (Å²) in [5.74, 6) is -1.48. The maximum atomic E-state index is 10.1. The van der Waals surface area contributed by atoms with Gasteiger partial charge in [0.2, 0.25) is 0 Å². The van der Waals surface area contributed by atoms with Crippen LogP contribution in [0.15, 0.2) is 0 Å². The maximum Gasteiger partial charge on any atom is 0.303 e. The van der Waals surface area contributed by atoms with E-state index >= 15 is 0 Å². The summed E-state index contributed by atoms with van der Waals surface area (Å²) in [6.07, 6.45) is 23.5. The minimum atomic E-state index is -0.839. The van der Waals surface area contributed by atoms with Crippen LogP contribution >= 0.6 is 0 Å². The molecule has 0 spiro atoms. The second-order valence-corrected chi connectivity index (χ2v) is 28.7. The average Bonchev–Trinajstić information content (AvgIpc) is 2.94. The van der Waals surface area contributed by atoms with Crippen LogP contribution in [0.3, 0.4) is 0 Å². The van der Waals surface area contributed by atoms with Crippen molar-refractivity contribution in [1.29, 1.82) is 0 Å². The van der Waals surface area contributed by atoms with Crippen LogP contribution in [0.5, 0.6) is 0 Å². The maximum absolute atomic E-state index is 10.1. The average molecular weight is 782 g/mol. The molecule has 0 atom stereocenters. The monoisotopic (exact) mass is 784 g/mol. The minimum Gasteiger partial charge on any atom is -0.481 e. The van der Waals surface area contributed by atoms with E-state index in [2.05, 4.69) is 41.5 Å². The van der Waals surface area contributed by atoms with Crippen molar-refractivity contribution in [2.45, 2.75) is 197 Å². The van der Waals surface area contributed by atoms with Crippen LogP contribution < -0.4 is 0 Å². The minimum absolute atomic E-state index is 0.245. The summed E-state index contributed by atoms with van der Waals surface area (Å²) in [6.45, 7) is 14.0. The third-order valence-electron chi connectivity index (χ3n) is 7.33. The summed E-state index contributed by atoms with van der Waals surface area (Å²) in [5.41, 5.74) is 0. The molecule has 0 aromatic rings. The van der Waals surface area contributed by atoms with Gasteiger partial charge in [-0.3, -0.25) is 9.59 Å². The van der Waals surface area contributed by atoms with Gasteiger partial charge >= 0.3 is 197 Å².